The molecule has 0 aliphatic carbocycles. The Balaban J connectivity index is 4.63. The van der Waals surface area contributed by atoms with Gasteiger partial charge < -0.3 is 9.29 Å². The molecule has 100 valence electrons. The van der Waals surface area contributed by atoms with Gasteiger partial charge in [-0.15, -0.1) is 0 Å². The molecule has 0 N–H and O–H groups in total. The predicted molar refractivity (Wildman–Crippen MR) is 40.8 cm³/mol. The summed E-state index contributed by atoms with van der Waals surface area (Å²) < 4.78 is 93.1. The molecular formula is C6H4F5O5S-. The zero-order valence-corrected chi connectivity index (χ0v) is 8.57. The molecular weight excluding hydrogens is 279 g/mol. The molecule has 0 radical (unpaired) electrons. The SMILES string of the molecule is C=C(C(=O)OCC(F)(F)S(=O)(=O)[O-])C(F)(F)F. The number of carbonyl (C=O) groups excluding carboxylic acids is 1. The van der Waals surface area contributed by atoms with Crippen molar-refractivity contribution in [3.8, 4) is 0 Å². The molecule has 0 atom stereocenters. The molecule has 17 heavy (non-hydrogen) atoms. The number of ether oxygens (including phenoxy) is 1. The summed E-state index contributed by atoms with van der Waals surface area (Å²) in [6.07, 6.45) is -5.21. The number of alkyl halides is 5. The van der Waals surface area contributed by atoms with Crippen molar-refractivity contribution in [2.75, 3.05) is 6.61 Å². The molecule has 0 aliphatic rings. The summed E-state index contributed by atoms with van der Waals surface area (Å²) in [6.45, 7) is -0.0960. The van der Waals surface area contributed by atoms with Gasteiger partial charge in [0.15, 0.2) is 16.7 Å². The topological polar surface area (TPSA) is 83.5 Å². The Morgan fingerprint density at radius 2 is 1.65 bits per heavy atom. The highest BCUT2D eigenvalue weighted by atomic mass is 32.2. The fraction of sp³-hybridized carbons (Fsp3) is 0.500. The summed E-state index contributed by atoms with van der Waals surface area (Å²) >= 11 is 0. The molecule has 11 heteroatoms. The van der Waals surface area contributed by atoms with Gasteiger partial charge in [-0.1, -0.05) is 6.58 Å². The Hall–Kier alpha value is -1.23. The minimum atomic E-state index is -6.13. The van der Waals surface area contributed by atoms with Crippen LogP contribution in [0.5, 0.6) is 0 Å². The molecule has 0 bridgehead atoms. The lowest BCUT2D eigenvalue weighted by Crippen LogP contribution is -2.35. The first kappa shape index (κ1) is 15.8. The largest absolute Gasteiger partial charge is 0.743 e. The standard InChI is InChI=1S/C6H5F5O5S/c1-3(6(9,10)11)4(12)16-2-5(7,8)17(13,14)15/h1-2H2,(H,13,14,15)/p-1. The average Bonchev–Trinajstić information content (AvgIpc) is 2.09. The zero-order valence-electron chi connectivity index (χ0n) is 7.75. The van der Waals surface area contributed by atoms with E-state index in [0.29, 0.717) is 0 Å². The van der Waals surface area contributed by atoms with Crippen LogP contribution in [0.25, 0.3) is 0 Å². The van der Waals surface area contributed by atoms with Crippen molar-refractivity contribution in [1.29, 1.82) is 0 Å². The van der Waals surface area contributed by atoms with Gasteiger partial charge in [-0.3, -0.25) is 0 Å². The molecule has 0 heterocycles. The van der Waals surface area contributed by atoms with Crippen LogP contribution in [0, 0.1) is 0 Å². The van der Waals surface area contributed by atoms with Gasteiger partial charge in [-0.2, -0.15) is 22.0 Å². The van der Waals surface area contributed by atoms with Gasteiger partial charge in [0.25, 0.3) is 0 Å². The predicted octanol–water partition coefficient (Wildman–Crippen LogP) is 0.786. The number of esters is 1. The molecule has 0 amide bonds. The van der Waals surface area contributed by atoms with Gasteiger partial charge in [-0.05, 0) is 0 Å². The second-order valence-electron chi connectivity index (χ2n) is 2.64. The van der Waals surface area contributed by atoms with E-state index in [0.717, 1.165) is 0 Å². The first-order chi connectivity index (χ1) is 7.29. The number of hydrogen-bond donors (Lipinski definition) is 0. The van der Waals surface area contributed by atoms with Gasteiger partial charge in [0.1, 0.15) is 5.57 Å². The maximum Gasteiger partial charge on any atom is 0.422 e. The number of halogens is 5. The lowest BCUT2D eigenvalue weighted by Gasteiger charge is -2.19. The van der Waals surface area contributed by atoms with Crippen LogP contribution in [-0.2, 0) is 19.6 Å². The number of hydrogen-bond acceptors (Lipinski definition) is 5. The van der Waals surface area contributed by atoms with Crippen molar-refractivity contribution in [3.05, 3.63) is 12.2 Å². The number of carbonyl (C=O) groups is 1. The Morgan fingerprint density at radius 3 is 1.94 bits per heavy atom. The average molecular weight is 283 g/mol. The lowest BCUT2D eigenvalue weighted by molar-refractivity contribution is -0.155. The molecule has 0 aromatic carbocycles. The van der Waals surface area contributed by atoms with Gasteiger partial charge in [-0.25, -0.2) is 13.2 Å². The Kier molecular flexibility index (Phi) is 4.23. The van der Waals surface area contributed by atoms with E-state index in [9.17, 15) is 39.7 Å². The summed E-state index contributed by atoms with van der Waals surface area (Å²) in [5, 5.41) is -5.01. The van der Waals surface area contributed by atoms with E-state index in [2.05, 4.69) is 11.3 Å². The second-order valence-corrected chi connectivity index (χ2v) is 4.15. The Labute approximate surface area is 91.6 Å². The molecule has 0 fully saturated rings. The third kappa shape index (κ3) is 4.26. The van der Waals surface area contributed by atoms with Crippen molar-refractivity contribution >= 4 is 16.1 Å². The van der Waals surface area contributed by atoms with E-state index in [4.69, 9.17) is 0 Å². The fourth-order valence-electron chi connectivity index (χ4n) is 0.425. The van der Waals surface area contributed by atoms with Gasteiger partial charge in [0.2, 0.25) is 0 Å². The van der Waals surface area contributed by atoms with E-state index < -0.39 is 39.7 Å². The normalized spacial score (nSPS) is 13.3. The molecule has 0 spiro atoms. The maximum atomic E-state index is 12.4. The van der Waals surface area contributed by atoms with E-state index in [1.54, 1.807) is 0 Å². The van der Waals surface area contributed by atoms with Crippen LogP contribution in [0.15, 0.2) is 12.2 Å². The summed E-state index contributed by atoms with van der Waals surface area (Å²) in [5.41, 5.74) is -2.10. The maximum absolute atomic E-state index is 12.4. The highest BCUT2D eigenvalue weighted by Crippen LogP contribution is 2.26. The Bertz CT molecular complexity index is 423. The summed E-state index contributed by atoms with van der Waals surface area (Å²) in [6, 6.07) is 0. The van der Waals surface area contributed by atoms with Crippen molar-refractivity contribution in [1.82, 2.24) is 0 Å². The monoisotopic (exact) mass is 283 g/mol. The first-order valence-electron chi connectivity index (χ1n) is 3.55. The summed E-state index contributed by atoms with van der Waals surface area (Å²) in [7, 11) is -6.13. The molecule has 0 saturated carbocycles. The van der Waals surface area contributed by atoms with Gasteiger partial charge in [0, 0.05) is 0 Å². The molecule has 0 aliphatic heterocycles. The molecule has 0 unspecified atom stereocenters. The van der Waals surface area contributed by atoms with Crippen molar-refractivity contribution < 1.29 is 44.5 Å². The molecule has 0 aromatic rings. The highest BCUT2D eigenvalue weighted by molar-refractivity contribution is 7.86. The second kappa shape index (κ2) is 4.56. The molecule has 0 saturated heterocycles. The number of rotatable bonds is 4. The van der Waals surface area contributed by atoms with Gasteiger partial charge >= 0.3 is 17.4 Å². The first-order valence-corrected chi connectivity index (χ1v) is 4.96. The van der Waals surface area contributed by atoms with Crippen LogP contribution < -0.4 is 0 Å². The van der Waals surface area contributed by atoms with Crippen LogP contribution in [0.3, 0.4) is 0 Å². The molecule has 5 nitrogen and oxygen atoms in total. The van der Waals surface area contributed by atoms with Crippen LogP contribution in [0.1, 0.15) is 0 Å². The van der Waals surface area contributed by atoms with E-state index >= 15 is 0 Å². The summed E-state index contributed by atoms with van der Waals surface area (Å²) in [4.78, 5) is 10.5. The zero-order chi connectivity index (χ0) is 14.1. The quantitative estimate of drug-likeness (QED) is 0.329. The van der Waals surface area contributed by atoms with Crippen molar-refractivity contribution in [2.24, 2.45) is 0 Å². The minimum Gasteiger partial charge on any atom is -0.743 e. The van der Waals surface area contributed by atoms with Gasteiger partial charge in [0.05, 0.1) is 0 Å². The van der Waals surface area contributed by atoms with Crippen LogP contribution >= 0.6 is 0 Å². The van der Waals surface area contributed by atoms with E-state index in [1.165, 1.54) is 0 Å². The van der Waals surface area contributed by atoms with E-state index in [-0.39, 0.29) is 0 Å². The minimum absolute atomic E-state index is 2.10. The fourth-order valence-corrected chi connectivity index (χ4v) is 0.628. The van der Waals surface area contributed by atoms with Crippen LogP contribution in [-0.4, -0.2) is 37.0 Å². The molecule has 0 rings (SSSR count). The summed E-state index contributed by atoms with van der Waals surface area (Å²) in [5.74, 6) is -2.29. The third-order valence-electron chi connectivity index (χ3n) is 1.33. The lowest BCUT2D eigenvalue weighted by atomic mass is 10.3. The third-order valence-corrected chi connectivity index (χ3v) is 2.18. The van der Waals surface area contributed by atoms with Crippen LogP contribution in [0.2, 0.25) is 0 Å². The smallest absolute Gasteiger partial charge is 0.422 e. The van der Waals surface area contributed by atoms with Crippen LogP contribution in [0.4, 0.5) is 22.0 Å². The van der Waals surface area contributed by atoms with E-state index in [1.807, 2.05) is 0 Å². The van der Waals surface area contributed by atoms with Crippen molar-refractivity contribution in [2.45, 2.75) is 11.4 Å². The highest BCUT2D eigenvalue weighted by Gasteiger charge is 2.42. The van der Waals surface area contributed by atoms with Crippen molar-refractivity contribution in [3.63, 3.8) is 0 Å². The Morgan fingerprint density at radius 1 is 1.24 bits per heavy atom. The molecule has 0 aromatic heterocycles.